The summed E-state index contributed by atoms with van der Waals surface area (Å²) >= 11 is 0. The fourth-order valence-electron chi connectivity index (χ4n) is 3.27. The van der Waals surface area contributed by atoms with Crippen LogP contribution >= 0.6 is 0 Å². The Labute approximate surface area is 145 Å². The van der Waals surface area contributed by atoms with E-state index in [9.17, 15) is 4.79 Å². The van der Waals surface area contributed by atoms with Gasteiger partial charge in [0, 0.05) is 19.0 Å². The number of hydrogen-bond donors (Lipinski definition) is 1. The molecule has 0 unspecified atom stereocenters. The fourth-order valence-corrected chi connectivity index (χ4v) is 3.27. The second-order valence-corrected chi connectivity index (χ2v) is 6.31. The molecule has 1 amide bonds. The van der Waals surface area contributed by atoms with Gasteiger partial charge < -0.3 is 10.1 Å². The van der Waals surface area contributed by atoms with Crippen molar-refractivity contribution in [2.45, 2.75) is 52.4 Å². The first kappa shape index (κ1) is 18.3. The highest BCUT2D eigenvalue weighted by Crippen LogP contribution is 2.32. The zero-order chi connectivity index (χ0) is 17.4. The van der Waals surface area contributed by atoms with E-state index < -0.39 is 0 Å². The molecule has 0 spiro atoms. The van der Waals surface area contributed by atoms with E-state index in [4.69, 9.17) is 4.74 Å². The minimum absolute atomic E-state index is 0.0209. The lowest BCUT2D eigenvalue weighted by Gasteiger charge is -2.16. The summed E-state index contributed by atoms with van der Waals surface area (Å²) in [5.74, 6) is 0.999. The number of nitrogens with one attached hydrogen (secondary N) is 1. The molecule has 3 nitrogen and oxygen atoms in total. The summed E-state index contributed by atoms with van der Waals surface area (Å²) in [6, 6.07) is 10.6. The molecule has 0 heterocycles. The highest BCUT2D eigenvalue weighted by molar-refractivity contribution is 5.91. The molecular weight excluding hydrogens is 298 g/mol. The molecule has 0 aliphatic rings. The number of amides is 1. The molecule has 1 N–H and O–H groups in total. The lowest BCUT2D eigenvalue weighted by molar-refractivity contribution is -0.118. The number of ether oxygens (including phenoxy) is 1. The summed E-state index contributed by atoms with van der Waals surface area (Å²) in [4.78, 5) is 11.1. The van der Waals surface area contributed by atoms with Crippen LogP contribution < -0.4 is 10.1 Å². The predicted molar refractivity (Wildman–Crippen MR) is 101 cm³/mol. The smallest absolute Gasteiger partial charge is 0.216 e. The first-order chi connectivity index (χ1) is 11.7. The highest BCUT2D eigenvalue weighted by atomic mass is 16.5. The number of unbranched alkanes of at least 4 members (excludes halogenated alkanes) is 3. The van der Waals surface area contributed by atoms with Crippen molar-refractivity contribution in [3.63, 3.8) is 0 Å². The van der Waals surface area contributed by atoms with Gasteiger partial charge in [0.1, 0.15) is 5.75 Å². The summed E-state index contributed by atoms with van der Waals surface area (Å²) in [5.41, 5.74) is 2.59. The van der Waals surface area contributed by atoms with Gasteiger partial charge >= 0.3 is 0 Å². The SMILES string of the molecule is CCCCCCc1c(OC)ccc2cccc(CCNC(C)=O)c12. The Morgan fingerprint density at radius 1 is 1.08 bits per heavy atom. The number of hydrogen-bond acceptors (Lipinski definition) is 2. The molecule has 0 aliphatic carbocycles. The Morgan fingerprint density at radius 3 is 2.62 bits per heavy atom. The summed E-state index contributed by atoms with van der Waals surface area (Å²) in [5, 5.41) is 5.45. The number of aryl methyl sites for hydroxylation is 1. The Kier molecular flexibility index (Phi) is 7.10. The Morgan fingerprint density at radius 2 is 1.92 bits per heavy atom. The molecule has 0 saturated heterocycles. The van der Waals surface area contributed by atoms with Crippen LogP contribution in [0.15, 0.2) is 30.3 Å². The molecule has 0 saturated carbocycles. The van der Waals surface area contributed by atoms with Gasteiger partial charge in [-0.3, -0.25) is 4.79 Å². The van der Waals surface area contributed by atoms with Gasteiger partial charge in [0.2, 0.25) is 5.91 Å². The van der Waals surface area contributed by atoms with Crippen LogP contribution in [0.3, 0.4) is 0 Å². The number of carbonyl (C=O) groups is 1. The topological polar surface area (TPSA) is 38.3 Å². The quantitative estimate of drug-likeness (QED) is 0.681. The van der Waals surface area contributed by atoms with Gasteiger partial charge in [-0.1, -0.05) is 50.5 Å². The largest absolute Gasteiger partial charge is 0.496 e. The first-order valence-electron chi connectivity index (χ1n) is 8.99. The average molecular weight is 327 g/mol. The van der Waals surface area contributed by atoms with Crippen molar-refractivity contribution in [3.05, 3.63) is 41.5 Å². The van der Waals surface area contributed by atoms with Crippen LogP contribution in [0.2, 0.25) is 0 Å². The van der Waals surface area contributed by atoms with Crippen molar-refractivity contribution >= 4 is 16.7 Å². The number of fused-ring (bicyclic) bond motifs is 1. The first-order valence-corrected chi connectivity index (χ1v) is 8.99. The van der Waals surface area contributed by atoms with Gasteiger partial charge in [-0.2, -0.15) is 0 Å². The fraction of sp³-hybridized carbons (Fsp3) is 0.476. The number of rotatable bonds is 9. The molecule has 3 heteroatoms. The molecule has 130 valence electrons. The Bertz CT molecular complexity index is 679. The third-order valence-corrected chi connectivity index (χ3v) is 4.46. The third-order valence-electron chi connectivity index (χ3n) is 4.46. The van der Waals surface area contributed by atoms with Crippen LogP contribution in [-0.4, -0.2) is 19.6 Å². The van der Waals surface area contributed by atoms with Crippen LogP contribution in [0, 0.1) is 0 Å². The predicted octanol–water partition coefficient (Wildman–Crippen LogP) is 4.65. The lowest BCUT2D eigenvalue weighted by atomic mass is 9.93. The van der Waals surface area contributed by atoms with Gasteiger partial charge in [-0.25, -0.2) is 0 Å². The number of methoxy groups -OCH3 is 1. The molecule has 0 atom stereocenters. The van der Waals surface area contributed by atoms with E-state index in [-0.39, 0.29) is 5.91 Å². The number of carbonyl (C=O) groups excluding carboxylic acids is 1. The maximum Gasteiger partial charge on any atom is 0.216 e. The second kappa shape index (κ2) is 9.31. The molecule has 2 aromatic rings. The third kappa shape index (κ3) is 4.73. The molecular formula is C21H29NO2. The zero-order valence-electron chi connectivity index (χ0n) is 15.2. The van der Waals surface area contributed by atoms with Crippen LogP contribution in [0.4, 0.5) is 0 Å². The number of benzene rings is 2. The van der Waals surface area contributed by atoms with Crippen LogP contribution in [0.5, 0.6) is 5.75 Å². The van der Waals surface area contributed by atoms with Crippen molar-refractivity contribution < 1.29 is 9.53 Å². The summed E-state index contributed by atoms with van der Waals surface area (Å²) in [6.45, 7) is 4.46. The van der Waals surface area contributed by atoms with Crippen LogP contribution in [-0.2, 0) is 17.6 Å². The molecule has 0 fully saturated rings. The van der Waals surface area contributed by atoms with Gasteiger partial charge in [0.15, 0.2) is 0 Å². The molecule has 24 heavy (non-hydrogen) atoms. The summed E-state index contributed by atoms with van der Waals surface area (Å²) in [6.07, 6.45) is 6.84. The van der Waals surface area contributed by atoms with Crippen molar-refractivity contribution in [2.75, 3.05) is 13.7 Å². The van der Waals surface area contributed by atoms with Gasteiger partial charge in [-0.05, 0) is 41.7 Å². The molecule has 0 aliphatic heterocycles. The standard InChI is InChI=1S/C21H29NO2/c1-4-5-6-7-11-19-20(24-3)13-12-17-9-8-10-18(21(17)19)14-15-22-16(2)23/h8-10,12-13H,4-7,11,14-15H2,1-3H3,(H,22,23). The summed E-state index contributed by atoms with van der Waals surface area (Å²) < 4.78 is 5.64. The second-order valence-electron chi connectivity index (χ2n) is 6.31. The maximum atomic E-state index is 11.1. The van der Waals surface area contributed by atoms with E-state index in [1.807, 2.05) is 0 Å². The van der Waals surface area contributed by atoms with Crippen LogP contribution in [0.1, 0.15) is 50.7 Å². The lowest BCUT2D eigenvalue weighted by Crippen LogP contribution is -2.22. The van der Waals surface area contributed by atoms with E-state index in [1.165, 1.54) is 47.6 Å². The highest BCUT2D eigenvalue weighted by Gasteiger charge is 2.12. The monoisotopic (exact) mass is 327 g/mol. The molecule has 0 radical (unpaired) electrons. The average Bonchev–Trinajstić information content (AvgIpc) is 2.58. The normalized spacial score (nSPS) is 10.8. The van der Waals surface area contributed by atoms with Crippen molar-refractivity contribution in [1.29, 1.82) is 0 Å². The van der Waals surface area contributed by atoms with Crippen LogP contribution in [0.25, 0.3) is 10.8 Å². The molecule has 0 aromatic heterocycles. The van der Waals surface area contributed by atoms with Crippen molar-refractivity contribution in [1.82, 2.24) is 5.32 Å². The van der Waals surface area contributed by atoms with E-state index >= 15 is 0 Å². The molecule has 0 bridgehead atoms. The molecule has 2 rings (SSSR count). The van der Waals surface area contributed by atoms with E-state index in [0.717, 1.165) is 18.6 Å². The zero-order valence-corrected chi connectivity index (χ0v) is 15.2. The minimum atomic E-state index is 0.0209. The van der Waals surface area contributed by atoms with Gasteiger partial charge in [0.25, 0.3) is 0 Å². The minimum Gasteiger partial charge on any atom is -0.496 e. The van der Waals surface area contributed by atoms with E-state index in [1.54, 1.807) is 14.0 Å². The van der Waals surface area contributed by atoms with Gasteiger partial charge in [0.05, 0.1) is 7.11 Å². The summed E-state index contributed by atoms with van der Waals surface area (Å²) in [7, 11) is 1.75. The Hall–Kier alpha value is -2.03. The maximum absolute atomic E-state index is 11.1. The Balaban J connectivity index is 2.33. The van der Waals surface area contributed by atoms with Crippen molar-refractivity contribution in [2.24, 2.45) is 0 Å². The van der Waals surface area contributed by atoms with Gasteiger partial charge in [-0.15, -0.1) is 0 Å². The van der Waals surface area contributed by atoms with Crippen molar-refractivity contribution in [3.8, 4) is 5.75 Å². The van der Waals surface area contributed by atoms with E-state index in [2.05, 4.69) is 42.6 Å². The van der Waals surface area contributed by atoms with E-state index in [0.29, 0.717) is 6.54 Å². The molecule has 2 aromatic carbocycles.